The van der Waals surface area contributed by atoms with Gasteiger partial charge in [-0.25, -0.2) is 0 Å². The second kappa shape index (κ2) is 6.43. The average molecular weight is 402 g/mol. The Morgan fingerprint density at radius 2 is 1.83 bits per heavy atom. The Kier molecular flexibility index (Phi) is 3.99. The lowest BCUT2D eigenvalue weighted by atomic mass is 9.73. The summed E-state index contributed by atoms with van der Waals surface area (Å²) in [5.74, 6) is -0.294. The summed E-state index contributed by atoms with van der Waals surface area (Å²) in [6.07, 6.45) is 6.88. The Balaban J connectivity index is 1.30. The van der Waals surface area contributed by atoms with Crippen molar-refractivity contribution in [3.63, 3.8) is 0 Å². The number of likely N-dealkylation sites (tertiary alicyclic amines) is 1. The molecule has 5 atom stereocenters. The highest BCUT2D eigenvalue weighted by Crippen LogP contribution is 2.66. The minimum absolute atomic E-state index is 0.0511. The molecule has 1 saturated heterocycles. The van der Waals surface area contributed by atoms with Crippen LogP contribution in [0.2, 0.25) is 0 Å². The predicted octanol–water partition coefficient (Wildman–Crippen LogP) is 4.67. The van der Waals surface area contributed by atoms with Crippen molar-refractivity contribution in [3.05, 3.63) is 70.8 Å². The molecule has 1 heterocycles. The third-order valence-corrected chi connectivity index (χ3v) is 9.22. The van der Waals surface area contributed by atoms with Gasteiger partial charge < -0.3 is 5.11 Å². The van der Waals surface area contributed by atoms with Gasteiger partial charge in [-0.05, 0) is 66.7 Å². The first kappa shape index (κ1) is 18.6. The maximum absolute atomic E-state index is 11.7. The predicted molar refractivity (Wildman–Crippen MR) is 118 cm³/mol. The molecule has 3 nitrogen and oxygen atoms in total. The molecule has 4 aliphatic rings. The topological polar surface area (TPSA) is 40.5 Å². The van der Waals surface area contributed by atoms with Gasteiger partial charge in [0.2, 0.25) is 0 Å². The Bertz CT molecular complexity index is 1020. The fraction of sp³-hybridized carbons (Fsp3) is 0.519. The molecule has 1 aliphatic heterocycles. The van der Waals surface area contributed by atoms with Gasteiger partial charge in [0.05, 0.1) is 5.92 Å². The summed E-state index contributed by atoms with van der Waals surface area (Å²) in [7, 11) is 0. The minimum Gasteiger partial charge on any atom is -0.481 e. The number of hydrogen-bond donors (Lipinski definition) is 1. The van der Waals surface area contributed by atoms with E-state index in [1.54, 1.807) is 5.56 Å². The molecule has 0 radical (unpaired) electrons. The van der Waals surface area contributed by atoms with Gasteiger partial charge in [-0.1, -0.05) is 55.5 Å². The third-order valence-electron chi connectivity index (χ3n) is 9.22. The quantitative estimate of drug-likeness (QED) is 0.813. The molecule has 2 saturated carbocycles. The third kappa shape index (κ3) is 2.51. The number of piperidine rings is 1. The van der Waals surface area contributed by atoms with Crippen molar-refractivity contribution in [2.45, 2.75) is 56.9 Å². The van der Waals surface area contributed by atoms with E-state index in [-0.39, 0.29) is 16.7 Å². The molecule has 1 spiro atoms. The molecule has 0 bridgehead atoms. The van der Waals surface area contributed by atoms with Crippen LogP contribution in [0.4, 0.5) is 0 Å². The number of hydrogen-bond acceptors (Lipinski definition) is 2. The molecule has 3 aliphatic carbocycles. The molecule has 6 rings (SSSR count). The fourth-order valence-corrected chi connectivity index (χ4v) is 7.64. The van der Waals surface area contributed by atoms with Crippen LogP contribution in [0.5, 0.6) is 0 Å². The first-order valence-corrected chi connectivity index (χ1v) is 11.7. The molecule has 0 amide bonds. The minimum atomic E-state index is -0.571. The Morgan fingerprint density at radius 1 is 1.10 bits per heavy atom. The molecule has 156 valence electrons. The van der Waals surface area contributed by atoms with Crippen LogP contribution in [-0.4, -0.2) is 35.1 Å². The first-order chi connectivity index (χ1) is 14.6. The normalized spacial score (nSPS) is 36.8. The fourth-order valence-electron chi connectivity index (χ4n) is 7.64. The van der Waals surface area contributed by atoms with Crippen molar-refractivity contribution < 1.29 is 9.90 Å². The van der Waals surface area contributed by atoms with Crippen molar-refractivity contribution in [3.8, 4) is 0 Å². The number of rotatable bonds is 3. The van der Waals surface area contributed by atoms with E-state index < -0.39 is 5.97 Å². The van der Waals surface area contributed by atoms with E-state index in [2.05, 4.69) is 60.4 Å². The van der Waals surface area contributed by atoms with Gasteiger partial charge in [-0.3, -0.25) is 9.69 Å². The Labute approximate surface area is 179 Å². The maximum atomic E-state index is 11.7. The van der Waals surface area contributed by atoms with Gasteiger partial charge in [-0.15, -0.1) is 0 Å². The number of benzene rings is 2. The summed E-state index contributed by atoms with van der Waals surface area (Å²) in [5, 5.41) is 9.62. The van der Waals surface area contributed by atoms with Crippen LogP contribution >= 0.6 is 0 Å². The molecule has 2 aromatic rings. The van der Waals surface area contributed by atoms with Crippen LogP contribution in [0.1, 0.15) is 54.9 Å². The van der Waals surface area contributed by atoms with E-state index >= 15 is 0 Å². The van der Waals surface area contributed by atoms with Crippen LogP contribution < -0.4 is 0 Å². The summed E-state index contributed by atoms with van der Waals surface area (Å²) < 4.78 is 0. The van der Waals surface area contributed by atoms with Crippen molar-refractivity contribution >= 4 is 5.97 Å². The zero-order valence-electron chi connectivity index (χ0n) is 17.8. The van der Waals surface area contributed by atoms with Gasteiger partial charge in [0.15, 0.2) is 0 Å². The number of carboxylic acid groups (broad SMARTS) is 1. The van der Waals surface area contributed by atoms with Crippen LogP contribution in [0.15, 0.2) is 48.5 Å². The molecule has 3 fully saturated rings. The summed E-state index contributed by atoms with van der Waals surface area (Å²) >= 11 is 0. The Morgan fingerprint density at radius 3 is 2.57 bits per heavy atom. The van der Waals surface area contributed by atoms with Gasteiger partial charge in [0, 0.05) is 30.0 Å². The maximum Gasteiger partial charge on any atom is 0.307 e. The second-order valence-corrected chi connectivity index (χ2v) is 10.4. The van der Waals surface area contributed by atoms with Crippen molar-refractivity contribution in [1.29, 1.82) is 0 Å². The Hall–Kier alpha value is -2.13. The molecule has 0 aromatic heterocycles. The summed E-state index contributed by atoms with van der Waals surface area (Å²) in [6, 6.07) is 18.7. The van der Waals surface area contributed by atoms with Crippen LogP contribution in [0.3, 0.4) is 0 Å². The molecule has 2 aromatic carbocycles. The lowest BCUT2D eigenvalue weighted by Gasteiger charge is -2.33. The monoisotopic (exact) mass is 401 g/mol. The van der Waals surface area contributed by atoms with Gasteiger partial charge >= 0.3 is 5.97 Å². The van der Waals surface area contributed by atoms with Crippen LogP contribution in [0, 0.1) is 17.3 Å². The molecular weight excluding hydrogens is 370 g/mol. The number of aliphatic carboxylic acids is 1. The number of fused-ring (bicyclic) bond motifs is 4. The van der Waals surface area contributed by atoms with Crippen LogP contribution in [0.25, 0.3) is 0 Å². The molecular formula is C27H31NO2. The number of carbonyl (C=O) groups is 1. The number of nitrogens with zero attached hydrogens (tertiary/aromatic N) is 1. The average Bonchev–Trinajstić information content (AvgIpc) is 3.02. The largest absolute Gasteiger partial charge is 0.481 e. The summed E-state index contributed by atoms with van der Waals surface area (Å²) in [4.78, 5) is 14.4. The summed E-state index contributed by atoms with van der Waals surface area (Å²) in [5.41, 5.74) is 6.36. The highest BCUT2D eigenvalue weighted by atomic mass is 16.4. The summed E-state index contributed by atoms with van der Waals surface area (Å²) in [6.45, 7) is 4.17. The lowest BCUT2D eigenvalue weighted by molar-refractivity contribution is -0.140. The zero-order chi connectivity index (χ0) is 20.5. The van der Waals surface area contributed by atoms with Crippen molar-refractivity contribution in [2.24, 2.45) is 17.3 Å². The second-order valence-electron chi connectivity index (χ2n) is 10.4. The zero-order valence-corrected chi connectivity index (χ0v) is 17.8. The molecule has 3 heteroatoms. The van der Waals surface area contributed by atoms with Gasteiger partial charge in [0.1, 0.15) is 0 Å². The van der Waals surface area contributed by atoms with Crippen molar-refractivity contribution in [2.75, 3.05) is 13.1 Å². The first-order valence-electron chi connectivity index (χ1n) is 11.7. The van der Waals surface area contributed by atoms with Crippen molar-refractivity contribution in [1.82, 2.24) is 4.90 Å². The highest BCUT2D eigenvalue weighted by Gasteiger charge is 2.71. The molecule has 5 unspecified atom stereocenters. The van der Waals surface area contributed by atoms with Gasteiger partial charge in [-0.2, -0.15) is 0 Å². The van der Waals surface area contributed by atoms with E-state index in [1.807, 2.05) is 0 Å². The smallest absolute Gasteiger partial charge is 0.307 e. The van der Waals surface area contributed by atoms with E-state index in [1.165, 1.54) is 36.0 Å². The molecule has 1 N–H and O–H groups in total. The molecule has 30 heavy (non-hydrogen) atoms. The van der Waals surface area contributed by atoms with Gasteiger partial charge in [0.25, 0.3) is 0 Å². The standard InChI is InChI=1S/C27H31NO2/c1-2-27-17-28(16-23(27)24(27)25(29)30)21-11-12-26(15-21)14-20-9-4-3-7-18(20)13-19-8-5-6-10-22(19)26/h3-10,21,23-24H,2,11-17H2,1H3,(H,29,30). The van der Waals surface area contributed by atoms with E-state index in [0.29, 0.717) is 12.0 Å². The van der Waals surface area contributed by atoms with E-state index in [4.69, 9.17) is 0 Å². The van der Waals surface area contributed by atoms with E-state index in [0.717, 1.165) is 32.4 Å². The lowest BCUT2D eigenvalue weighted by Crippen LogP contribution is -2.38. The van der Waals surface area contributed by atoms with E-state index in [9.17, 15) is 9.90 Å². The SMILES string of the molecule is CCC12CN(C3CCC4(Cc5ccccc5Cc5ccccc54)C3)CC1C2C(=O)O. The number of carboxylic acids is 1. The van der Waals surface area contributed by atoms with Crippen LogP contribution in [-0.2, 0) is 23.1 Å². The highest BCUT2D eigenvalue weighted by molar-refractivity contribution is 5.76.